The molecule has 5 nitrogen and oxygen atoms in total. The molecule has 0 amide bonds. The first-order valence-electron chi connectivity index (χ1n) is 8.34. The Bertz CT molecular complexity index is 891. The normalized spacial score (nSPS) is 14.3. The van der Waals surface area contributed by atoms with Crippen molar-refractivity contribution in [2.24, 2.45) is 5.92 Å². The Hall–Kier alpha value is -3.08. The van der Waals surface area contributed by atoms with Gasteiger partial charge in [0.1, 0.15) is 17.2 Å². The van der Waals surface area contributed by atoms with Crippen molar-refractivity contribution < 1.29 is 23.8 Å². The van der Waals surface area contributed by atoms with Gasteiger partial charge in [-0.1, -0.05) is 26.0 Å². The van der Waals surface area contributed by atoms with Crippen molar-refractivity contribution in [1.82, 2.24) is 0 Å². The second kappa shape index (κ2) is 7.04. The minimum atomic E-state index is -0.327. The largest absolute Gasteiger partial charge is 0.497 e. The Labute approximate surface area is 152 Å². The van der Waals surface area contributed by atoms with E-state index >= 15 is 0 Å². The highest BCUT2D eigenvalue weighted by Crippen LogP contribution is 2.39. The molecule has 1 aliphatic heterocycles. The molecule has 2 aromatic carbocycles. The summed E-state index contributed by atoms with van der Waals surface area (Å²) in [7, 11) is 1.60. The predicted octanol–water partition coefficient (Wildman–Crippen LogP) is 4.18. The maximum Gasteiger partial charge on any atom is 0.313 e. The maximum atomic E-state index is 12.6. The Morgan fingerprint density at radius 3 is 2.42 bits per heavy atom. The van der Waals surface area contributed by atoms with E-state index in [1.807, 2.05) is 24.3 Å². The molecule has 0 spiro atoms. The molecule has 0 aliphatic carbocycles. The van der Waals surface area contributed by atoms with Gasteiger partial charge < -0.3 is 14.2 Å². The Morgan fingerprint density at radius 2 is 1.81 bits per heavy atom. The number of fused-ring (bicyclic) bond motifs is 1. The topological polar surface area (TPSA) is 61.8 Å². The second-order valence-corrected chi connectivity index (χ2v) is 6.35. The van der Waals surface area contributed by atoms with Gasteiger partial charge in [-0.05, 0) is 42.8 Å². The molecule has 3 rings (SSSR count). The molecular formula is C21H20O5. The smallest absolute Gasteiger partial charge is 0.313 e. The first kappa shape index (κ1) is 17.7. The number of carbonyl (C=O) groups excluding carboxylic acids is 2. The van der Waals surface area contributed by atoms with Gasteiger partial charge in [-0.3, -0.25) is 9.59 Å². The van der Waals surface area contributed by atoms with Crippen LogP contribution in [0.1, 0.15) is 35.3 Å². The summed E-state index contributed by atoms with van der Waals surface area (Å²) in [5.74, 6) is 1.05. The van der Waals surface area contributed by atoms with Crippen LogP contribution >= 0.6 is 0 Å². The zero-order chi connectivity index (χ0) is 18.8. The number of ether oxygens (including phenoxy) is 3. The minimum absolute atomic E-state index is 0.194. The van der Waals surface area contributed by atoms with Gasteiger partial charge in [-0.25, -0.2) is 0 Å². The van der Waals surface area contributed by atoms with Crippen LogP contribution in [0, 0.1) is 12.8 Å². The minimum Gasteiger partial charge on any atom is -0.497 e. The molecule has 0 unspecified atom stereocenters. The third-order valence-electron chi connectivity index (χ3n) is 4.13. The van der Waals surface area contributed by atoms with Crippen LogP contribution in [0.25, 0.3) is 6.08 Å². The molecule has 0 bridgehead atoms. The van der Waals surface area contributed by atoms with Gasteiger partial charge in [0.15, 0.2) is 5.76 Å². The highest BCUT2D eigenvalue weighted by atomic mass is 16.5. The number of allylic oxidation sites excluding steroid dienone is 1. The van der Waals surface area contributed by atoms with Crippen molar-refractivity contribution in [1.29, 1.82) is 0 Å². The molecule has 1 heterocycles. The lowest BCUT2D eigenvalue weighted by molar-refractivity contribution is -0.137. The van der Waals surface area contributed by atoms with E-state index in [1.54, 1.807) is 46.1 Å². The number of hydrogen-bond donors (Lipinski definition) is 0. The monoisotopic (exact) mass is 352 g/mol. The van der Waals surface area contributed by atoms with Gasteiger partial charge in [0, 0.05) is 5.56 Å². The molecule has 0 saturated heterocycles. The molecule has 0 fully saturated rings. The molecule has 0 saturated carbocycles. The molecule has 0 radical (unpaired) electrons. The third-order valence-corrected chi connectivity index (χ3v) is 4.13. The number of methoxy groups -OCH3 is 1. The summed E-state index contributed by atoms with van der Waals surface area (Å²) in [4.78, 5) is 24.4. The Morgan fingerprint density at radius 1 is 1.12 bits per heavy atom. The average Bonchev–Trinajstić information content (AvgIpc) is 2.94. The number of ketones is 1. The molecule has 0 N–H and O–H groups in total. The van der Waals surface area contributed by atoms with Gasteiger partial charge in [0.05, 0.1) is 18.6 Å². The molecule has 1 aliphatic rings. The van der Waals surface area contributed by atoms with Gasteiger partial charge in [0.2, 0.25) is 5.78 Å². The van der Waals surface area contributed by atoms with Crippen LogP contribution in [-0.2, 0) is 4.79 Å². The van der Waals surface area contributed by atoms with Crippen LogP contribution in [0.3, 0.4) is 0 Å². The number of hydrogen-bond acceptors (Lipinski definition) is 5. The standard InChI is InChI=1S/C21H20O5/c1-12(2)21(23)26-17-10-9-16-19(22)18(25-20(16)13(17)3)11-14-5-7-15(24-4)8-6-14/h5-12H,1-4H3/b18-11-. The third kappa shape index (κ3) is 3.33. The number of benzene rings is 2. The maximum absolute atomic E-state index is 12.6. The van der Waals surface area contributed by atoms with Crippen LogP contribution in [0.5, 0.6) is 17.2 Å². The molecular weight excluding hydrogens is 332 g/mol. The van der Waals surface area contributed by atoms with Crippen molar-refractivity contribution in [3.8, 4) is 17.2 Å². The van der Waals surface area contributed by atoms with Crippen LogP contribution in [-0.4, -0.2) is 18.9 Å². The summed E-state index contributed by atoms with van der Waals surface area (Å²) in [5.41, 5.74) is 1.92. The number of Topliss-reactive ketones (excluding diaryl/α,β-unsaturated/α-hetero) is 1. The quantitative estimate of drug-likeness (QED) is 0.469. The van der Waals surface area contributed by atoms with Crippen molar-refractivity contribution in [2.45, 2.75) is 20.8 Å². The van der Waals surface area contributed by atoms with Crippen LogP contribution in [0.4, 0.5) is 0 Å². The highest BCUT2D eigenvalue weighted by Gasteiger charge is 2.30. The van der Waals surface area contributed by atoms with E-state index in [-0.39, 0.29) is 23.4 Å². The first-order valence-corrected chi connectivity index (χ1v) is 8.34. The van der Waals surface area contributed by atoms with Crippen molar-refractivity contribution in [3.05, 3.63) is 58.8 Å². The second-order valence-electron chi connectivity index (χ2n) is 6.35. The Kier molecular flexibility index (Phi) is 4.80. The predicted molar refractivity (Wildman–Crippen MR) is 97.6 cm³/mol. The number of esters is 1. The summed E-state index contributed by atoms with van der Waals surface area (Å²) in [6, 6.07) is 10.6. The summed E-state index contributed by atoms with van der Waals surface area (Å²) in [6.07, 6.45) is 1.68. The molecule has 0 aromatic heterocycles. The lowest BCUT2D eigenvalue weighted by atomic mass is 10.1. The van der Waals surface area contributed by atoms with Crippen molar-refractivity contribution in [2.75, 3.05) is 7.11 Å². The van der Waals surface area contributed by atoms with Crippen LogP contribution in [0.15, 0.2) is 42.2 Å². The van der Waals surface area contributed by atoms with E-state index in [2.05, 4.69) is 0 Å². The van der Waals surface area contributed by atoms with E-state index in [9.17, 15) is 9.59 Å². The molecule has 0 atom stereocenters. The number of rotatable bonds is 4. The van der Waals surface area contributed by atoms with E-state index < -0.39 is 0 Å². The molecule has 2 aromatic rings. The van der Waals surface area contributed by atoms with Crippen molar-refractivity contribution in [3.63, 3.8) is 0 Å². The van der Waals surface area contributed by atoms with Gasteiger partial charge in [-0.15, -0.1) is 0 Å². The fourth-order valence-electron chi connectivity index (χ4n) is 2.56. The summed E-state index contributed by atoms with van der Waals surface area (Å²) >= 11 is 0. The Balaban J connectivity index is 1.89. The fraction of sp³-hybridized carbons (Fsp3) is 0.238. The SMILES string of the molecule is COc1ccc(/C=C2\Oc3c(ccc(OC(=O)C(C)C)c3C)C2=O)cc1. The van der Waals surface area contributed by atoms with Gasteiger partial charge >= 0.3 is 5.97 Å². The van der Waals surface area contributed by atoms with Gasteiger partial charge in [-0.2, -0.15) is 0 Å². The molecule has 134 valence electrons. The highest BCUT2D eigenvalue weighted by molar-refractivity contribution is 6.15. The van der Waals surface area contributed by atoms with Crippen molar-refractivity contribution >= 4 is 17.8 Å². The molecule has 26 heavy (non-hydrogen) atoms. The summed E-state index contributed by atoms with van der Waals surface area (Å²) in [5, 5.41) is 0. The summed E-state index contributed by atoms with van der Waals surface area (Å²) in [6.45, 7) is 5.30. The van der Waals surface area contributed by atoms with E-state index in [0.717, 1.165) is 11.3 Å². The van der Waals surface area contributed by atoms with E-state index in [4.69, 9.17) is 14.2 Å². The molecule has 5 heteroatoms. The van der Waals surface area contributed by atoms with E-state index in [0.29, 0.717) is 22.6 Å². The zero-order valence-corrected chi connectivity index (χ0v) is 15.2. The number of carbonyl (C=O) groups is 2. The van der Waals surface area contributed by atoms with Gasteiger partial charge in [0.25, 0.3) is 0 Å². The average molecular weight is 352 g/mol. The fourth-order valence-corrected chi connectivity index (χ4v) is 2.56. The lowest BCUT2D eigenvalue weighted by Gasteiger charge is -2.11. The van der Waals surface area contributed by atoms with E-state index in [1.165, 1.54) is 0 Å². The first-order chi connectivity index (χ1) is 12.4. The van der Waals surface area contributed by atoms with Crippen LogP contribution in [0.2, 0.25) is 0 Å². The zero-order valence-electron chi connectivity index (χ0n) is 15.2. The lowest BCUT2D eigenvalue weighted by Crippen LogP contribution is -2.15. The summed E-state index contributed by atoms with van der Waals surface area (Å²) < 4.78 is 16.3. The van der Waals surface area contributed by atoms with Crippen LogP contribution < -0.4 is 14.2 Å².